The second-order valence-corrected chi connectivity index (χ2v) is 8.41. The third-order valence-electron chi connectivity index (χ3n) is 6.29. The van der Waals surface area contributed by atoms with E-state index in [0.717, 1.165) is 48.0 Å². The summed E-state index contributed by atoms with van der Waals surface area (Å²) in [6, 6.07) is 6.09. The average Bonchev–Trinajstić information content (AvgIpc) is 3.16. The normalized spacial score (nSPS) is 18.4. The van der Waals surface area contributed by atoms with Crippen LogP contribution in [-0.4, -0.2) is 49.1 Å². The number of nitrogens with zero attached hydrogens (tertiary/aromatic N) is 1. The van der Waals surface area contributed by atoms with Gasteiger partial charge in [-0.15, -0.1) is 0 Å². The number of benzene rings is 1. The van der Waals surface area contributed by atoms with Crippen molar-refractivity contribution in [1.29, 1.82) is 0 Å². The number of methoxy groups -OCH3 is 1. The maximum Gasteiger partial charge on any atom is 0.317 e. The molecule has 7 nitrogen and oxygen atoms in total. The fraction of sp³-hybridized carbons (Fsp3) is 0.565. The van der Waals surface area contributed by atoms with E-state index in [1.807, 2.05) is 23.1 Å². The Hall–Kier alpha value is -2.70. The summed E-state index contributed by atoms with van der Waals surface area (Å²) in [5.74, 6) is 0.714. The van der Waals surface area contributed by atoms with Gasteiger partial charge in [-0.25, -0.2) is 4.79 Å². The van der Waals surface area contributed by atoms with Gasteiger partial charge in [0.25, 0.3) is 0 Å². The predicted molar refractivity (Wildman–Crippen MR) is 115 cm³/mol. The minimum Gasteiger partial charge on any atom is -0.497 e. The first kappa shape index (κ1) is 20.6. The first-order chi connectivity index (χ1) is 14.6. The van der Waals surface area contributed by atoms with Crippen molar-refractivity contribution in [3.8, 4) is 5.75 Å². The van der Waals surface area contributed by atoms with E-state index in [0.29, 0.717) is 19.1 Å². The number of rotatable bonds is 5. The van der Waals surface area contributed by atoms with Crippen LogP contribution in [0.2, 0.25) is 0 Å². The molecule has 4 rings (SSSR count). The zero-order valence-corrected chi connectivity index (χ0v) is 17.6. The molecule has 2 N–H and O–H groups in total. The van der Waals surface area contributed by atoms with Crippen LogP contribution in [0, 0.1) is 0 Å². The standard InChI is InChI=1S/C23H31N3O4/c1-29-19-7-8-20-16(15-30-21(20)14-19)13-22(27)24-18-9-11-26(12-10-18)23(28)25-17-5-3-2-4-6-17/h7-8,14-15,17-18H,2-6,9-13H2,1H3,(H,24,27)(H,25,28). The number of carbonyl (C=O) groups is 2. The van der Waals surface area contributed by atoms with Gasteiger partial charge in [-0.2, -0.15) is 0 Å². The van der Waals surface area contributed by atoms with Crippen LogP contribution in [-0.2, 0) is 11.2 Å². The van der Waals surface area contributed by atoms with Crippen molar-refractivity contribution in [3.63, 3.8) is 0 Å². The minimum absolute atomic E-state index is 0.0152. The molecule has 0 radical (unpaired) electrons. The second-order valence-electron chi connectivity index (χ2n) is 8.41. The minimum atomic E-state index is -0.0152. The molecule has 0 bridgehead atoms. The number of hydrogen-bond acceptors (Lipinski definition) is 4. The molecule has 30 heavy (non-hydrogen) atoms. The summed E-state index contributed by atoms with van der Waals surface area (Å²) in [5.41, 5.74) is 1.59. The van der Waals surface area contributed by atoms with E-state index in [1.54, 1.807) is 13.4 Å². The van der Waals surface area contributed by atoms with Crippen molar-refractivity contribution < 1.29 is 18.7 Å². The Bertz CT molecular complexity index is 880. The summed E-state index contributed by atoms with van der Waals surface area (Å²) in [7, 11) is 1.61. The summed E-state index contributed by atoms with van der Waals surface area (Å²) < 4.78 is 10.8. The van der Waals surface area contributed by atoms with Crippen LogP contribution < -0.4 is 15.4 Å². The zero-order valence-electron chi connectivity index (χ0n) is 17.6. The van der Waals surface area contributed by atoms with E-state index < -0.39 is 0 Å². The van der Waals surface area contributed by atoms with Crippen LogP contribution in [0.4, 0.5) is 4.79 Å². The Morgan fingerprint density at radius 1 is 1.07 bits per heavy atom. The number of nitrogens with one attached hydrogen (secondary N) is 2. The number of furan rings is 1. The maximum atomic E-state index is 12.6. The molecule has 2 aromatic rings. The van der Waals surface area contributed by atoms with Crippen molar-refractivity contribution in [2.24, 2.45) is 0 Å². The molecule has 0 atom stereocenters. The summed E-state index contributed by atoms with van der Waals surface area (Å²) in [6.07, 6.45) is 9.36. The fourth-order valence-corrected chi connectivity index (χ4v) is 4.52. The monoisotopic (exact) mass is 413 g/mol. The molecule has 162 valence electrons. The number of amides is 3. The average molecular weight is 414 g/mol. The van der Waals surface area contributed by atoms with Gasteiger partial charge in [-0.05, 0) is 37.8 Å². The van der Waals surface area contributed by atoms with Gasteiger partial charge in [0.05, 0.1) is 19.8 Å². The highest BCUT2D eigenvalue weighted by Gasteiger charge is 2.26. The van der Waals surface area contributed by atoms with Gasteiger partial charge in [0, 0.05) is 42.2 Å². The van der Waals surface area contributed by atoms with Crippen molar-refractivity contribution in [3.05, 3.63) is 30.0 Å². The highest BCUT2D eigenvalue weighted by Crippen LogP contribution is 2.26. The lowest BCUT2D eigenvalue weighted by molar-refractivity contribution is -0.121. The van der Waals surface area contributed by atoms with Crippen LogP contribution in [0.15, 0.2) is 28.9 Å². The van der Waals surface area contributed by atoms with Gasteiger partial charge in [0.2, 0.25) is 5.91 Å². The third kappa shape index (κ3) is 4.89. The Labute approximate surface area is 177 Å². The molecule has 1 aromatic carbocycles. The zero-order chi connectivity index (χ0) is 20.9. The molecule has 1 aliphatic heterocycles. The SMILES string of the molecule is COc1ccc2c(CC(=O)NC3CCN(C(=O)NC4CCCCC4)CC3)coc2c1. The molecule has 2 aliphatic rings. The number of ether oxygens (including phenoxy) is 1. The van der Waals surface area contributed by atoms with E-state index in [-0.39, 0.29) is 24.4 Å². The van der Waals surface area contributed by atoms with Crippen LogP contribution in [0.5, 0.6) is 5.75 Å². The smallest absolute Gasteiger partial charge is 0.317 e. The Morgan fingerprint density at radius 3 is 2.53 bits per heavy atom. The van der Waals surface area contributed by atoms with Crippen LogP contribution in [0.3, 0.4) is 0 Å². The summed E-state index contributed by atoms with van der Waals surface area (Å²) >= 11 is 0. The molecule has 1 aromatic heterocycles. The molecule has 3 amide bonds. The molecule has 1 aliphatic carbocycles. The van der Waals surface area contributed by atoms with Crippen molar-refractivity contribution in [2.45, 2.75) is 63.5 Å². The molecule has 1 saturated carbocycles. The van der Waals surface area contributed by atoms with E-state index in [9.17, 15) is 9.59 Å². The molecular weight excluding hydrogens is 382 g/mol. The predicted octanol–water partition coefficient (Wildman–Crippen LogP) is 3.61. The number of fused-ring (bicyclic) bond motifs is 1. The molecule has 2 fully saturated rings. The highest BCUT2D eigenvalue weighted by atomic mass is 16.5. The van der Waals surface area contributed by atoms with Crippen LogP contribution in [0.1, 0.15) is 50.5 Å². The molecular formula is C23H31N3O4. The Morgan fingerprint density at radius 2 is 1.80 bits per heavy atom. The molecule has 2 heterocycles. The molecule has 0 unspecified atom stereocenters. The van der Waals surface area contributed by atoms with Gasteiger partial charge in [-0.1, -0.05) is 19.3 Å². The van der Waals surface area contributed by atoms with Crippen LogP contribution >= 0.6 is 0 Å². The molecule has 0 spiro atoms. The van der Waals surface area contributed by atoms with E-state index >= 15 is 0 Å². The lowest BCUT2D eigenvalue weighted by atomic mass is 9.95. The van der Waals surface area contributed by atoms with Gasteiger partial charge in [0.15, 0.2) is 0 Å². The van der Waals surface area contributed by atoms with E-state index in [1.165, 1.54) is 19.3 Å². The van der Waals surface area contributed by atoms with Gasteiger partial charge >= 0.3 is 6.03 Å². The Kier molecular flexibility index (Phi) is 6.45. The molecule has 7 heteroatoms. The summed E-state index contributed by atoms with van der Waals surface area (Å²) in [4.78, 5) is 26.9. The lowest BCUT2D eigenvalue weighted by Crippen LogP contribution is -2.51. The molecule has 1 saturated heterocycles. The summed E-state index contributed by atoms with van der Waals surface area (Å²) in [6.45, 7) is 1.36. The number of urea groups is 1. The van der Waals surface area contributed by atoms with Crippen molar-refractivity contribution >= 4 is 22.9 Å². The first-order valence-electron chi connectivity index (χ1n) is 11.0. The third-order valence-corrected chi connectivity index (χ3v) is 6.29. The van der Waals surface area contributed by atoms with Crippen LogP contribution in [0.25, 0.3) is 11.0 Å². The van der Waals surface area contributed by atoms with Crippen molar-refractivity contribution in [2.75, 3.05) is 20.2 Å². The number of piperidine rings is 1. The summed E-state index contributed by atoms with van der Waals surface area (Å²) in [5, 5.41) is 7.23. The number of carbonyl (C=O) groups excluding carboxylic acids is 2. The van der Waals surface area contributed by atoms with Crippen molar-refractivity contribution in [1.82, 2.24) is 15.5 Å². The fourth-order valence-electron chi connectivity index (χ4n) is 4.52. The van der Waals surface area contributed by atoms with Gasteiger partial charge < -0.3 is 24.7 Å². The highest BCUT2D eigenvalue weighted by molar-refractivity contribution is 5.88. The lowest BCUT2D eigenvalue weighted by Gasteiger charge is -2.34. The van der Waals surface area contributed by atoms with Gasteiger partial charge in [-0.3, -0.25) is 4.79 Å². The Balaban J connectivity index is 1.24. The first-order valence-corrected chi connectivity index (χ1v) is 11.0. The maximum absolute atomic E-state index is 12.6. The second kappa shape index (κ2) is 9.41. The van der Waals surface area contributed by atoms with E-state index in [2.05, 4.69) is 10.6 Å². The number of hydrogen-bond donors (Lipinski definition) is 2. The van der Waals surface area contributed by atoms with E-state index in [4.69, 9.17) is 9.15 Å². The number of likely N-dealkylation sites (tertiary alicyclic amines) is 1. The quantitative estimate of drug-likeness (QED) is 0.784. The largest absolute Gasteiger partial charge is 0.497 e. The topological polar surface area (TPSA) is 83.8 Å². The van der Waals surface area contributed by atoms with Gasteiger partial charge in [0.1, 0.15) is 11.3 Å².